The average Bonchev–Trinajstić information content (AvgIpc) is 3.03. The molecule has 0 bridgehead atoms. The molecular weight excluding hydrogens is 248 g/mol. The van der Waals surface area contributed by atoms with E-state index in [0.717, 1.165) is 5.52 Å². The molecule has 0 unspecified atom stereocenters. The van der Waals surface area contributed by atoms with Gasteiger partial charge in [-0.15, -0.1) is 0 Å². The minimum atomic E-state index is 0.402. The van der Waals surface area contributed by atoms with Crippen molar-refractivity contribution in [2.24, 2.45) is 0 Å². The summed E-state index contributed by atoms with van der Waals surface area (Å²) in [6, 6.07) is 3.57. The summed E-state index contributed by atoms with van der Waals surface area (Å²) in [5, 5.41) is 3.75. The van der Waals surface area contributed by atoms with Gasteiger partial charge in [0.1, 0.15) is 5.52 Å². The molecule has 3 rings (SSSR count). The Morgan fingerprint density at radius 1 is 1.37 bits per heavy atom. The maximum Gasteiger partial charge on any atom is 0.215 e. The molecule has 0 fully saturated rings. The summed E-state index contributed by atoms with van der Waals surface area (Å²) in [5.74, 6) is 1.54. The molecule has 0 aliphatic rings. The van der Waals surface area contributed by atoms with Crippen molar-refractivity contribution >= 4 is 17.1 Å². The average molecular weight is 260 g/mol. The summed E-state index contributed by atoms with van der Waals surface area (Å²) < 4.78 is 11.6. The fourth-order valence-electron chi connectivity index (χ4n) is 1.85. The molecule has 0 aliphatic carbocycles. The number of nitrogens with two attached hydrogens (primary N) is 1. The van der Waals surface area contributed by atoms with E-state index in [0.29, 0.717) is 36.3 Å². The molecule has 0 amide bonds. The summed E-state index contributed by atoms with van der Waals surface area (Å²) in [6.45, 7) is 0.571. The highest BCUT2D eigenvalue weighted by atomic mass is 16.5. The van der Waals surface area contributed by atoms with Gasteiger partial charge < -0.3 is 15.0 Å². The van der Waals surface area contributed by atoms with Gasteiger partial charge in [-0.05, 0) is 6.07 Å². The summed E-state index contributed by atoms with van der Waals surface area (Å²) in [5.41, 5.74) is 7.30. The summed E-state index contributed by atoms with van der Waals surface area (Å²) in [7, 11) is 1.57. The smallest absolute Gasteiger partial charge is 0.215 e. The zero-order chi connectivity index (χ0) is 13.2. The molecule has 0 atom stereocenters. The van der Waals surface area contributed by atoms with E-state index < -0.39 is 0 Å². The van der Waals surface area contributed by atoms with Crippen molar-refractivity contribution in [3.8, 4) is 5.88 Å². The molecule has 0 saturated heterocycles. The van der Waals surface area contributed by atoms with Gasteiger partial charge in [-0.3, -0.25) is 4.57 Å². The Kier molecular flexibility index (Phi) is 2.75. The number of hydrogen-bond donors (Lipinski definition) is 1. The van der Waals surface area contributed by atoms with Crippen LogP contribution in [0.25, 0.3) is 11.2 Å². The Labute approximate surface area is 108 Å². The zero-order valence-corrected chi connectivity index (χ0v) is 10.3. The van der Waals surface area contributed by atoms with E-state index >= 15 is 0 Å². The van der Waals surface area contributed by atoms with E-state index in [4.69, 9.17) is 10.5 Å². The quantitative estimate of drug-likeness (QED) is 0.734. The van der Waals surface area contributed by atoms with Crippen LogP contribution in [0.2, 0.25) is 0 Å². The largest absolute Gasteiger partial charge is 0.481 e. The second-order valence-electron chi connectivity index (χ2n) is 3.92. The number of anilines is 1. The van der Waals surface area contributed by atoms with Crippen LogP contribution in [0.4, 0.5) is 5.95 Å². The second-order valence-corrected chi connectivity index (χ2v) is 3.92. The lowest BCUT2D eigenvalue weighted by Crippen LogP contribution is -2.07. The van der Waals surface area contributed by atoms with Crippen molar-refractivity contribution < 1.29 is 9.26 Å². The Morgan fingerprint density at radius 2 is 2.26 bits per heavy atom. The van der Waals surface area contributed by atoms with Crippen LogP contribution >= 0.6 is 0 Å². The van der Waals surface area contributed by atoms with Crippen LogP contribution in [-0.4, -0.2) is 31.8 Å². The van der Waals surface area contributed by atoms with Crippen LogP contribution in [0.5, 0.6) is 5.88 Å². The third kappa shape index (κ3) is 2.07. The molecule has 0 aromatic carbocycles. The first-order valence-electron chi connectivity index (χ1n) is 5.70. The fourth-order valence-corrected chi connectivity index (χ4v) is 1.85. The van der Waals surface area contributed by atoms with Crippen LogP contribution in [-0.2, 0) is 13.0 Å². The zero-order valence-electron chi connectivity index (χ0n) is 10.3. The third-order valence-electron chi connectivity index (χ3n) is 2.77. The molecule has 3 aromatic rings. The Hall–Kier alpha value is -2.64. The van der Waals surface area contributed by atoms with Crippen molar-refractivity contribution in [1.82, 2.24) is 24.7 Å². The van der Waals surface area contributed by atoms with Gasteiger partial charge in [0, 0.05) is 19.0 Å². The van der Waals surface area contributed by atoms with Gasteiger partial charge in [0.2, 0.25) is 18.2 Å². The van der Waals surface area contributed by atoms with E-state index in [1.54, 1.807) is 17.7 Å². The molecule has 3 heterocycles. The van der Waals surface area contributed by atoms with Gasteiger partial charge in [-0.25, -0.2) is 4.98 Å². The summed E-state index contributed by atoms with van der Waals surface area (Å²) in [6.07, 6.45) is 1.89. The van der Waals surface area contributed by atoms with Crippen molar-refractivity contribution in [2.75, 3.05) is 12.8 Å². The molecule has 19 heavy (non-hydrogen) atoms. The van der Waals surface area contributed by atoms with Gasteiger partial charge in [0.25, 0.3) is 0 Å². The van der Waals surface area contributed by atoms with Crippen LogP contribution < -0.4 is 10.5 Å². The Morgan fingerprint density at radius 3 is 3.00 bits per heavy atom. The predicted octanol–water partition coefficient (Wildman–Crippen LogP) is 0.648. The van der Waals surface area contributed by atoms with Crippen LogP contribution in [0, 0.1) is 0 Å². The van der Waals surface area contributed by atoms with Gasteiger partial charge in [0.15, 0.2) is 11.5 Å². The Bertz CT molecular complexity index is 691. The van der Waals surface area contributed by atoms with Crippen molar-refractivity contribution in [2.45, 2.75) is 13.0 Å². The number of nitrogens with zero attached hydrogens (tertiary/aromatic N) is 5. The monoisotopic (exact) mass is 260 g/mol. The number of aromatic nitrogens is 5. The molecular formula is C11H12N6O2. The van der Waals surface area contributed by atoms with E-state index in [1.807, 2.05) is 6.07 Å². The number of methoxy groups -OCH3 is 1. The first-order valence-corrected chi connectivity index (χ1v) is 5.70. The molecule has 3 aromatic heterocycles. The van der Waals surface area contributed by atoms with Crippen molar-refractivity contribution in [1.29, 1.82) is 0 Å². The van der Waals surface area contributed by atoms with Crippen LogP contribution in [0.3, 0.4) is 0 Å². The highest BCUT2D eigenvalue weighted by Crippen LogP contribution is 2.19. The first-order chi connectivity index (χ1) is 9.28. The van der Waals surface area contributed by atoms with Crippen LogP contribution in [0.1, 0.15) is 5.82 Å². The normalized spacial score (nSPS) is 11.0. The molecule has 2 N–H and O–H groups in total. The number of aryl methyl sites for hydroxylation is 2. The maximum atomic E-state index is 5.89. The Balaban J connectivity index is 1.94. The molecule has 98 valence electrons. The number of nitrogen functional groups attached to an aromatic ring is 1. The molecule has 8 heteroatoms. The molecule has 0 aliphatic heterocycles. The van der Waals surface area contributed by atoms with E-state index in [9.17, 15) is 0 Å². The van der Waals surface area contributed by atoms with Crippen molar-refractivity contribution in [3.63, 3.8) is 0 Å². The molecule has 0 saturated carbocycles. The lowest BCUT2D eigenvalue weighted by molar-refractivity contribution is 0.398. The van der Waals surface area contributed by atoms with E-state index in [-0.39, 0.29) is 0 Å². The first kappa shape index (κ1) is 11.5. The van der Waals surface area contributed by atoms with Gasteiger partial charge in [0.05, 0.1) is 7.11 Å². The topological polar surface area (TPSA) is 105 Å². The second kappa shape index (κ2) is 4.56. The fraction of sp³-hybridized carbons (Fsp3) is 0.273. The van der Waals surface area contributed by atoms with Crippen molar-refractivity contribution in [3.05, 3.63) is 24.4 Å². The highest BCUT2D eigenvalue weighted by Gasteiger charge is 2.11. The van der Waals surface area contributed by atoms with Gasteiger partial charge >= 0.3 is 0 Å². The number of ether oxygens (including phenoxy) is 1. The summed E-state index contributed by atoms with van der Waals surface area (Å²) >= 11 is 0. The molecule has 0 radical (unpaired) electrons. The SMILES string of the molecule is COc1ccc2nc(N)n(CCc3ncon3)c2n1. The predicted molar refractivity (Wildman–Crippen MR) is 66.5 cm³/mol. The molecule has 8 nitrogen and oxygen atoms in total. The van der Waals surface area contributed by atoms with Gasteiger partial charge in [-0.1, -0.05) is 5.16 Å². The van der Waals surface area contributed by atoms with Gasteiger partial charge in [-0.2, -0.15) is 9.97 Å². The number of pyridine rings is 1. The molecule has 0 spiro atoms. The lowest BCUT2D eigenvalue weighted by Gasteiger charge is -2.04. The van der Waals surface area contributed by atoms with Crippen LogP contribution in [0.15, 0.2) is 23.0 Å². The lowest BCUT2D eigenvalue weighted by atomic mass is 10.4. The minimum absolute atomic E-state index is 0.402. The summed E-state index contributed by atoms with van der Waals surface area (Å²) in [4.78, 5) is 12.6. The third-order valence-corrected chi connectivity index (χ3v) is 2.77. The number of fused-ring (bicyclic) bond motifs is 1. The number of rotatable bonds is 4. The standard InChI is InChI=1S/C11H12N6O2/c1-18-9-3-2-7-10(15-9)17(11(12)14-7)5-4-8-13-6-19-16-8/h2-3,6H,4-5H2,1H3,(H2,12,14). The van der Waals surface area contributed by atoms with E-state index in [2.05, 4.69) is 24.6 Å². The minimum Gasteiger partial charge on any atom is -0.481 e. The highest BCUT2D eigenvalue weighted by molar-refractivity contribution is 5.74. The number of hydrogen-bond acceptors (Lipinski definition) is 7. The van der Waals surface area contributed by atoms with E-state index in [1.165, 1.54) is 6.39 Å². The maximum absolute atomic E-state index is 5.89. The number of imidazole rings is 1.